The number of nitrogens with two attached hydrogens (primary N) is 1. The molecule has 0 amide bonds. The first kappa shape index (κ1) is 14.3. The van der Waals surface area contributed by atoms with Gasteiger partial charge in [0, 0.05) is 19.8 Å². The number of hydrogen-bond acceptors (Lipinski definition) is 3. The lowest BCUT2D eigenvalue weighted by molar-refractivity contribution is 0.433. The highest BCUT2D eigenvalue weighted by molar-refractivity contribution is 7.90. The summed E-state index contributed by atoms with van der Waals surface area (Å²) in [6, 6.07) is 0.324. The second-order valence-corrected chi connectivity index (χ2v) is 7.09. The molecule has 1 saturated carbocycles. The van der Waals surface area contributed by atoms with Crippen molar-refractivity contribution in [3.8, 4) is 0 Å². The van der Waals surface area contributed by atoms with Gasteiger partial charge in [-0.25, -0.2) is 13.4 Å². The number of aliphatic imine (C=N–C) groups is 1. The summed E-state index contributed by atoms with van der Waals surface area (Å²) in [5.74, 6) is 0.574. The smallest absolute Gasteiger partial charge is 0.191 e. The molecule has 0 bridgehead atoms. The lowest BCUT2D eigenvalue weighted by Gasteiger charge is -2.22. The molecule has 17 heavy (non-hydrogen) atoms. The molecule has 0 aliphatic heterocycles. The first-order valence-electron chi connectivity index (χ1n) is 6.10. The molecule has 1 aliphatic rings. The highest BCUT2D eigenvalue weighted by Crippen LogP contribution is 2.20. The normalized spacial score (nSPS) is 19.3. The van der Waals surface area contributed by atoms with Crippen LogP contribution in [0.3, 0.4) is 0 Å². The van der Waals surface area contributed by atoms with Gasteiger partial charge in [0.15, 0.2) is 5.96 Å². The molecule has 0 aromatic heterocycles. The van der Waals surface area contributed by atoms with Crippen LogP contribution in [0.25, 0.3) is 0 Å². The molecule has 0 atom stereocenters. The van der Waals surface area contributed by atoms with Crippen molar-refractivity contribution in [1.29, 1.82) is 0 Å². The average Bonchev–Trinajstić information content (AvgIpc) is 2.26. The lowest BCUT2D eigenvalue weighted by Crippen LogP contribution is -2.38. The molecule has 0 saturated heterocycles. The van der Waals surface area contributed by atoms with Crippen molar-refractivity contribution >= 4 is 15.8 Å². The van der Waals surface area contributed by atoms with E-state index in [1.165, 1.54) is 25.5 Å². The van der Waals surface area contributed by atoms with Gasteiger partial charge in [-0.2, -0.15) is 0 Å². The Morgan fingerprint density at radius 1 is 1.35 bits per heavy atom. The minimum Gasteiger partial charge on any atom is -0.370 e. The largest absolute Gasteiger partial charge is 0.370 e. The fourth-order valence-electron chi connectivity index (χ4n) is 1.91. The summed E-state index contributed by atoms with van der Waals surface area (Å²) in [5.41, 5.74) is 5.86. The minimum absolute atomic E-state index is 0.115. The number of guanidine groups is 1. The molecule has 0 aromatic rings. The van der Waals surface area contributed by atoms with E-state index in [2.05, 4.69) is 4.99 Å². The molecule has 1 rings (SSSR count). The highest BCUT2D eigenvalue weighted by Gasteiger charge is 2.14. The molecule has 0 spiro atoms. The Hall–Kier alpha value is -0.780. The van der Waals surface area contributed by atoms with Gasteiger partial charge >= 0.3 is 0 Å². The van der Waals surface area contributed by atoms with E-state index >= 15 is 0 Å². The van der Waals surface area contributed by atoms with E-state index in [0.29, 0.717) is 18.5 Å². The average molecular weight is 261 g/mol. The van der Waals surface area contributed by atoms with Crippen molar-refractivity contribution in [3.05, 3.63) is 0 Å². The molecule has 6 heteroatoms. The summed E-state index contributed by atoms with van der Waals surface area (Å²) in [5, 5.41) is 0. The van der Waals surface area contributed by atoms with E-state index < -0.39 is 9.84 Å². The minimum atomic E-state index is -2.94. The molecular formula is C11H23N3O2S. The third-order valence-electron chi connectivity index (χ3n) is 3.08. The van der Waals surface area contributed by atoms with E-state index in [0.717, 1.165) is 12.8 Å². The first-order valence-corrected chi connectivity index (χ1v) is 8.16. The number of hydrogen-bond donors (Lipinski definition) is 1. The fourth-order valence-corrected chi connectivity index (χ4v) is 2.52. The molecule has 100 valence electrons. The third kappa shape index (κ3) is 5.91. The van der Waals surface area contributed by atoms with Crippen LogP contribution in [0.2, 0.25) is 0 Å². The molecule has 0 radical (unpaired) electrons. The predicted octanol–water partition coefficient (Wildman–Crippen LogP) is 0.610. The van der Waals surface area contributed by atoms with Gasteiger partial charge in [-0.1, -0.05) is 19.3 Å². The maximum Gasteiger partial charge on any atom is 0.191 e. The summed E-state index contributed by atoms with van der Waals surface area (Å²) < 4.78 is 22.1. The summed E-state index contributed by atoms with van der Waals surface area (Å²) in [4.78, 5) is 6.18. The molecule has 1 fully saturated rings. The van der Waals surface area contributed by atoms with Gasteiger partial charge in [0.1, 0.15) is 9.84 Å². The predicted molar refractivity (Wildman–Crippen MR) is 70.8 cm³/mol. The van der Waals surface area contributed by atoms with Gasteiger partial charge < -0.3 is 10.6 Å². The molecule has 0 unspecified atom stereocenters. The molecule has 1 aliphatic carbocycles. The monoisotopic (exact) mass is 261 g/mol. The molecule has 2 N–H and O–H groups in total. The van der Waals surface area contributed by atoms with Gasteiger partial charge in [-0.15, -0.1) is 0 Å². The Labute approximate surface area is 104 Å². The van der Waals surface area contributed by atoms with Gasteiger partial charge in [0.2, 0.25) is 0 Å². The summed E-state index contributed by atoms with van der Waals surface area (Å²) in [6.45, 7) is 0.404. The van der Waals surface area contributed by atoms with Gasteiger partial charge in [0.25, 0.3) is 0 Å². The number of nitrogens with zero attached hydrogens (tertiary/aromatic N) is 2. The van der Waals surface area contributed by atoms with Crippen LogP contribution in [-0.2, 0) is 9.84 Å². The van der Waals surface area contributed by atoms with Crippen LogP contribution in [0.1, 0.15) is 32.1 Å². The second kappa shape index (κ2) is 6.23. The van der Waals surface area contributed by atoms with Gasteiger partial charge in [-0.3, -0.25) is 0 Å². The van der Waals surface area contributed by atoms with E-state index in [1.807, 2.05) is 0 Å². The molecular weight excluding hydrogens is 238 g/mol. The van der Waals surface area contributed by atoms with Crippen molar-refractivity contribution < 1.29 is 8.42 Å². The van der Waals surface area contributed by atoms with Crippen LogP contribution in [-0.4, -0.2) is 50.9 Å². The Bertz CT molecular complexity index is 359. The lowest BCUT2D eigenvalue weighted by atomic mass is 9.96. The molecule has 0 aromatic carbocycles. The molecule has 0 heterocycles. The number of sulfone groups is 1. The fraction of sp³-hybridized carbons (Fsp3) is 0.909. The van der Waals surface area contributed by atoms with Crippen molar-refractivity contribution in [2.45, 2.75) is 38.1 Å². The Kier molecular flexibility index (Phi) is 5.24. The zero-order valence-corrected chi connectivity index (χ0v) is 11.5. The van der Waals surface area contributed by atoms with E-state index in [4.69, 9.17) is 5.73 Å². The van der Waals surface area contributed by atoms with Crippen molar-refractivity contribution in [2.24, 2.45) is 10.7 Å². The van der Waals surface area contributed by atoms with Gasteiger partial charge in [0.05, 0.1) is 11.8 Å². The Morgan fingerprint density at radius 3 is 2.47 bits per heavy atom. The van der Waals surface area contributed by atoms with Crippen LogP contribution >= 0.6 is 0 Å². The van der Waals surface area contributed by atoms with Crippen molar-refractivity contribution in [1.82, 2.24) is 4.90 Å². The SMILES string of the molecule is CN(CCS(C)(=O)=O)C(N)=NC1CCCCC1. The standard InChI is InChI=1S/C11H23N3O2S/c1-14(8-9-17(2,15)16)11(12)13-10-6-4-3-5-7-10/h10H,3-9H2,1-2H3,(H2,12,13). The Balaban J connectivity index is 2.44. The zero-order chi connectivity index (χ0) is 12.9. The zero-order valence-electron chi connectivity index (χ0n) is 10.7. The van der Waals surface area contributed by atoms with Crippen molar-refractivity contribution in [3.63, 3.8) is 0 Å². The maximum absolute atomic E-state index is 11.0. The van der Waals surface area contributed by atoms with Crippen molar-refractivity contribution in [2.75, 3.05) is 25.6 Å². The summed E-state index contributed by atoms with van der Waals surface area (Å²) >= 11 is 0. The highest BCUT2D eigenvalue weighted by atomic mass is 32.2. The van der Waals surface area contributed by atoms with E-state index in [-0.39, 0.29) is 5.75 Å². The topological polar surface area (TPSA) is 75.8 Å². The quantitative estimate of drug-likeness (QED) is 0.594. The summed E-state index contributed by atoms with van der Waals surface area (Å²) in [6.07, 6.45) is 7.15. The second-order valence-electron chi connectivity index (χ2n) is 4.83. The van der Waals surface area contributed by atoms with Crippen LogP contribution in [0.5, 0.6) is 0 Å². The van der Waals surface area contributed by atoms with Crippen LogP contribution in [0, 0.1) is 0 Å². The van der Waals surface area contributed by atoms with E-state index in [1.54, 1.807) is 11.9 Å². The van der Waals surface area contributed by atoms with E-state index in [9.17, 15) is 8.42 Å². The van der Waals surface area contributed by atoms with Gasteiger partial charge in [-0.05, 0) is 12.8 Å². The Morgan fingerprint density at radius 2 is 1.94 bits per heavy atom. The van der Waals surface area contributed by atoms with Crippen LogP contribution in [0.4, 0.5) is 0 Å². The maximum atomic E-state index is 11.0. The number of rotatable bonds is 4. The van der Waals surface area contributed by atoms with Crippen LogP contribution < -0.4 is 5.73 Å². The molecule has 5 nitrogen and oxygen atoms in total. The summed E-state index contributed by atoms with van der Waals surface area (Å²) in [7, 11) is -1.15. The van der Waals surface area contributed by atoms with Crippen LogP contribution in [0.15, 0.2) is 4.99 Å². The third-order valence-corrected chi connectivity index (χ3v) is 4.00. The first-order chi connectivity index (χ1) is 7.88.